The van der Waals surface area contributed by atoms with Gasteiger partial charge < -0.3 is 18.9 Å². The Kier molecular flexibility index (Phi) is 50.6. The van der Waals surface area contributed by atoms with Crippen molar-refractivity contribution in [2.45, 2.75) is 219 Å². The van der Waals surface area contributed by atoms with Crippen LogP contribution in [0, 0.1) is 0 Å². The molecule has 0 saturated heterocycles. The molecule has 0 heterocycles. The van der Waals surface area contributed by atoms with Crippen molar-refractivity contribution < 1.29 is 36.3 Å². The number of hydrogen-bond donors (Lipinski definition) is 0. The van der Waals surface area contributed by atoms with Crippen LogP contribution in [0.3, 0.4) is 0 Å². The Hall–Kier alpha value is 0.912. The van der Waals surface area contributed by atoms with Crippen LogP contribution in [0.25, 0.3) is 0 Å². The van der Waals surface area contributed by atoms with E-state index in [1.807, 2.05) is 0 Å². The molecule has 0 N–H and O–H groups in total. The van der Waals surface area contributed by atoms with Gasteiger partial charge in [-0.15, -0.1) is 0 Å². The van der Waals surface area contributed by atoms with Crippen LogP contribution < -0.4 is 9.79 Å². The van der Waals surface area contributed by atoms with E-state index in [9.17, 15) is 18.9 Å². The Bertz CT molecular complexity index is 491. The predicted molar refractivity (Wildman–Crippen MR) is 187 cm³/mol. The molecule has 4 nitrogen and oxygen atoms in total. The minimum absolute atomic E-state index is 0. The van der Waals surface area contributed by atoms with Crippen molar-refractivity contribution in [2.75, 3.05) is 12.3 Å². The fraction of sp³-hybridized carbons (Fsp3) is 1.00. The summed E-state index contributed by atoms with van der Waals surface area (Å²) in [5.41, 5.74) is 0. The van der Waals surface area contributed by atoms with Crippen LogP contribution in [-0.4, -0.2) is 12.3 Å². The van der Waals surface area contributed by atoms with Crippen molar-refractivity contribution >= 4 is 16.1 Å². The molecule has 0 aliphatic carbocycles. The molecule has 0 aromatic rings. The maximum absolute atomic E-state index is 10.4. The zero-order valence-electron chi connectivity index (χ0n) is 29.1. The molecule has 0 saturated carbocycles. The molecule has 0 fully saturated rings. The number of unbranched alkanes of at least 4 members (excludes halogenated alkanes) is 30. The van der Waals surface area contributed by atoms with E-state index in [-0.39, 0.29) is 17.4 Å². The van der Waals surface area contributed by atoms with Crippen LogP contribution in [0.15, 0.2) is 0 Å². The van der Waals surface area contributed by atoms with Crippen molar-refractivity contribution in [1.82, 2.24) is 0 Å². The van der Waals surface area contributed by atoms with Crippen molar-refractivity contribution in [2.24, 2.45) is 0 Å². The van der Waals surface area contributed by atoms with Gasteiger partial charge in [0.05, 0.1) is 0 Å². The van der Waals surface area contributed by atoms with Gasteiger partial charge >= 0.3 is 17.4 Å². The smallest absolute Gasteiger partial charge is 0.802 e. The van der Waals surface area contributed by atoms with Gasteiger partial charge in [-0.2, -0.15) is 0 Å². The SMILES string of the molecule is CCCCCCCCCCCCCCCCCC[PH](=O)[O-].CCCCCCCCCCCCCCCCCC[PH](=O)[O-].[Cr+2]. The molecule has 0 spiro atoms. The summed E-state index contributed by atoms with van der Waals surface area (Å²) in [7, 11) is -4.91. The summed E-state index contributed by atoms with van der Waals surface area (Å²) < 4.78 is 20.8. The molecule has 7 heteroatoms. The molecule has 43 heavy (non-hydrogen) atoms. The van der Waals surface area contributed by atoms with Gasteiger partial charge in [0.1, 0.15) is 0 Å². The average Bonchev–Trinajstić information content (AvgIpc) is 2.97. The number of hydrogen-bond acceptors (Lipinski definition) is 4. The first kappa shape index (κ1) is 48.3. The Morgan fingerprint density at radius 2 is 0.442 bits per heavy atom. The minimum Gasteiger partial charge on any atom is -0.802 e. The van der Waals surface area contributed by atoms with Crippen molar-refractivity contribution in [1.29, 1.82) is 0 Å². The standard InChI is InChI=1S/2C18H39O2P.Cr/c2*1-2-3-4-5-6-7-8-9-10-11-12-13-14-15-16-17-18-21(19)20;/h2*21H,2-18H2,1H3,(H,19,20);/q;;+2/p-2. The molecule has 0 radical (unpaired) electrons. The van der Waals surface area contributed by atoms with Crippen molar-refractivity contribution in [3.05, 3.63) is 0 Å². The summed E-state index contributed by atoms with van der Waals surface area (Å²) in [6, 6.07) is 0. The van der Waals surface area contributed by atoms with Gasteiger partial charge in [0.25, 0.3) is 0 Å². The summed E-state index contributed by atoms with van der Waals surface area (Å²) in [5, 5.41) is 0. The second-order valence-corrected chi connectivity index (χ2v) is 15.3. The van der Waals surface area contributed by atoms with Gasteiger partial charge in [-0.25, -0.2) is 0 Å². The average molecular weight is 687 g/mol. The predicted octanol–water partition coefficient (Wildman–Crippen LogP) is 12.2. The Morgan fingerprint density at radius 1 is 0.302 bits per heavy atom. The molecule has 0 aromatic heterocycles. The molecule has 2 unspecified atom stereocenters. The second kappa shape index (κ2) is 45.0. The normalized spacial score (nSPS) is 12.4. The van der Waals surface area contributed by atoms with E-state index in [2.05, 4.69) is 13.8 Å². The van der Waals surface area contributed by atoms with Gasteiger partial charge in [-0.05, 0) is 25.2 Å². The van der Waals surface area contributed by atoms with Crippen LogP contribution in [0.4, 0.5) is 0 Å². The fourth-order valence-electron chi connectivity index (χ4n) is 5.63. The first-order chi connectivity index (χ1) is 20.5. The molecular weight excluding hydrogens is 610 g/mol. The minimum atomic E-state index is -2.45. The fourth-order valence-corrected chi connectivity index (χ4v) is 6.71. The van der Waals surface area contributed by atoms with E-state index in [1.165, 1.54) is 180 Å². The summed E-state index contributed by atoms with van der Waals surface area (Å²) in [6.07, 6.45) is 43.5. The van der Waals surface area contributed by atoms with Crippen LogP contribution in [0.2, 0.25) is 0 Å². The molecule has 0 aliphatic heterocycles. The van der Waals surface area contributed by atoms with E-state index >= 15 is 0 Å². The Morgan fingerprint density at radius 3 is 0.581 bits per heavy atom. The summed E-state index contributed by atoms with van der Waals surface area (Å²) >= 11 is 0. The molecule has 0 aromatic carbocycles. The molecule has 0 bridgehead atoms. The van der Waals surface area contributed by atoms with E-state index in [0.29, 0.717) is 12.3 Å². The molecule has 0 aliphatic rings. The largest absolute Gasteiger partial charge is 2.00 e. The van der Waals surface area contributed by atoms with Crippen LogP contribution >= 0.6 is 16.1 Å². The molecule has 0 rings (SSSR count). The second-order valence-electron chi connectivity index (χ2n) is 12.9. The quantitative estimate of drug-likeness (QED) is 0.0498. The van der Waals surface area contributed by atoms with Crippen molar-refractivity contribution in [3.8, 4) is 0 Å². The molecule has 0 amide bonds. The summed E-state index contributed by atoms with van der Waals surface area (Å²) in [5.74, 6) is 0. The van der Waals surface area contributed by atoms with Gasteiger partial charge in [0.2, 0.25) is 0 Å². The van der Waals surface area contributed by atoms with E-state index < -0.39 is 16.1 Å². The van der Waals surface area contributed by atoms with Crippen LogP contribution in [0.5, 0.6) is 0 Å². The zero-order chi connectivity index (χ0) is 31.2. The molecular formula is C36H76CrO4P2. The first-order valence-corrected chi connectivity index (χ1v) is 22.0. The van der Waals surface area contributed by atoms with Crippen molar-refractivity contribution in [3.63, 3.8) is 0 Å². The first-order valence-electron chi connectivity index (χ1n) is 18.9. The Labute approximate surface area is 283 Å². The third-order valence-electron chi connectivity index (χ3n) is 8.47. The third kappa shape index (κ3) is 52.7. The van der Waals surface area contributed by atoms with E-state index in [0.717, 1.165) is 25.7 Å². The number of rotatable bonds is 34. The van der Waals surface area contributed by atoms with Crippen LogP contribution in [0.1, 0.15) is 219 Å². The Balaban J connectivity index is -0.000000727. The maximum atomic E-state index is 10.4. The zero-order valence-corrected chi connectivity index (χ0v) is 32.4. The summed E-state index contributed by atoms with van der Waals surface area (Å²) in [6.45, 7) is 4.55. The van der Waals surface area contributed by atoms with Gasteiger partial charge in [0.15, 0.2) is 0 Å². The van der Waals surface area contributed by atoms with E-state index in [1.54, 1.807) is 0 Å². The summed E-state index contributed by atoms with van der Waals surface area (Å²) in [4.78, 5) is 20.8. The monoisotopic (exact) mass is 686 g/mol. The van der Waals surface area contributed by atoms with Gasteiger partial charge in [-0.1, -0.05) is 206 Å². The van der Waals surface area contributed by atoms with E-state index in [4.69, 9.17) is 0 Å². The van der Waals surface area contributed by atoms with Gasteiger partial charge in [0, 0.05) is 16.1 Å². The topological polar surface area (TPSA) is 80.3 Å². The van der Waals surface area contributed by atoms with Gasteiger partial charge in [-0.3, -0.25) is 0 Å². The third-order valence-corrected chi connectivity index (χ3v) is 9.99. The molecule has 260 valence electrons. The molecule has 2 atom stereocenters. The van der Waals surface area contributed by atoms with Crippen LogP contribution in [-0.2, 0) is 26.5 Å². The maximum Gasteiger partial charge on any atom is 2.00 e.